The maximum absolute atomic E-state index is 11.5. The van der Waals surface area contributed by atoms with Crippen LogP contribution in [0.15, 0.2) is 158 Å². The van der Waals surface area contributed by atoms with Crippen molar-refractivity contribution in [2.24, 2.45) is 0 Å². The normalized spacial score (nSPS) is 11.3. The summed E-state index contributed by atoms with van der Waals surface area (Å²) in [6.45, 7) is 19.6. The molecule has 4 heteroatoms. The Morgan fingerprint density at radius 3 is 1.34 bits per heavy atom. The number of hydrogen-bond acceptors (Lipinski definition) is 1. The Kier molecular flexibility index (Phi) is 29.5. The highest BCUT2D eigenvalue weighted by atomic mass is 127. The van der Waals surface area contributed by atoms with Crippen LogP contribution in [0.25, 0.3) is 0 Å². The Morgan fingerprint density at radius 1 is 0.500 bits per heavy atom. The number of benzene rings is 6. The van der Waals surface area contributed by atoms with Crippen molar-refractivity contribution >= 4 is 16.7 Å². The highest BCUT2D eigenvalue weighted by molar-refractivity contribution is 7.96. The second-order valence-electron chi connectivity index (χ2n) is 16.4. The van der Waals surface area contributed by atoms with E-state index in [1.807, 2.05) is 36.4 Å². The number of rotatable bonds is 10. The summed E-state index contributed by atoms with van der Waals surface area (Å²) in [6, 6.07) is 56.0. The predicted octanol–water partition coefficient (Wildman–Crippen LogP) is 9.86. The summed E-state index contributed by atoms with van der Waals surface area (Å²) < 4.78 is 5.99. The molecule has 7 rings (SSSR count). The summed E-state index contributed by atoms with van der Waals surface area (Å²) in [5.74, 6) is 2.21. The molecular formula is C58H77I2OS+3. The number of ketones is 1. The maximum atomic E-state index is 11.5. The number of carbonyl (C=O) groups excluding carboxylic acids is 1. The fourth-order valence-electron chi connectivity index (χ4n) is 5.90. The van der Waals surface area contributed by atoms with Gasteiger partial charge in [0.25, 0.3) is 0 Å². The molecule has 6 aromatic carbocycles. The quantitative estimate of drug-likeness (QED) is 0.0760. The molecule has 1 saturated carbocycles. The molecule has 0 heterocycles. The highest BCUT2D eigenvalue weighted by Crippen LogP contribution is 2.15. The number of halogens is 2. The van der Waals surface area contributed by atoms with Gasteiger partial charge in [-0.05, 0) is 114 Å². The second kappa shape index (κ2) is 33.3. The third-order valence-corrected chi connectivity index (χ3v) is 15.7. The van der Waals surface area contributed by atoms with Gasteiger partial charge in [0, 0.05) is 5.56 Å². The number of aryl methyl sites for hydroxylation is 3. The third-order valence-electron chi connectivity index (χ3n) is 9.52. The average Bonchev–Trinajstić information content (AvgIpc) is 3.87. The molecule has 0 atom stereocenters. The molecule has 0 amide bonds. The maximum Gasteiger partial charge on any atom is 0.357 e. The lowest BCUT2D eigenvalue weighted by Crippen LogP contribution is -3.61. The lowest BCUT2D eigenvalue weighted by molar-refractivity contribution is -0.597. The van der Waals surface area contributed by atoms with Gasteiger partial charge >= 0.3 is 42.4 Å². The van der Waals surface area contributed by atoms with Crippen LogP contribution in [-0.4, -0.2) is 24.0 Å². The molecule has 332 valence electrons. The zero-order chi connectivity index (χ0) is 45.5. The van der Waals surface area contributed by atoms with E-state index in [-0.39, 0.29) is 59.1 Å². The molecule has 0 bridgehead atoms. The van der Waals surface area contributed by atoms with Gasteiger partial charge in [-0.3, -0.25) is 4.79 Å². The van der Waals surface area contributed by atoms with Crippen LogP contribution in [0, 0.1) is 28.1 Å². The smallest absolute Gasteiger partial charge is 0.289 e. The zero-order valence-electron chi connectivity index (χ0n) is 39.9. The van der Waals surface area contributed by atoms with Crippen molar-refractivity contribution in [1.29, 1.82) is 0 Å². The first-order valence-electron chi connectivity index (χ1n) is 22.6. The molecule has 1 fully saturated rings. The number of Topliss-reactive ketones (excluding diaryl/α,β-unsaturated/α-hetero) is 1. The van der Waals surface area contributed by atoms with Gasteiger partial charge in [-0.15, -0.1) is 0 Å². The Balaban J connectivity index is 0.000000273. The van der Waals surface area contributed by atoms with Gasteiger partial charge in [-0.25, -0.2) is 0 Å². The molecule has 0 N–H and O–H groups in total. The van der Waals surface area contributed by atoms with Crippen molar-refractivity contribution in [2.75, 3.05) is 18.3 Å². The molecule has 1 nitrogen and oxygen atoms in total. The average molecular weight is 1080 g/mol. The minimum Gasteiger partial charge on any atom is -0.289 e. The molecule has 0 aliphatic heterocycles. The van der Waals surface area contributed by atoms with Crippen LogP contribution in [0.5, 0.6) is 0 Å². The third kappa shape index (κ3) is 25.2. The van der Waals surface area contributed by atoms with E-state index >= 15 is 0 Å². The van der Waals surface area contributed by atoms with Crippen molar-refractivity contribution < 1.29 is 47.2 Å². The fourth-order valence-corrected chi connectivity index (χ4v) is 11.2. The van der Waals surface area contributed by atoms with Gasteiger partial charge in [0.1, 0.15) is 0 Å². The molecule has 6 aromatic rings. The van der Waals surface area contributed by atoms with Gasteiger partial charge in [-0.1, -0.05) is 202 Å². The Hall–Kier alpha value is -3.20. The first-order valence-corrected chi connectivity index (χ1v) is 29.2. The molecule has 1 aliphatic carbocycles. The topological polar surface area (TPSA) is 17.1 Å². The molecule has 0 aromatic heterocycles. The first kappa shape index (κ1) is 54.9. The van der Waals surface area contributed by atoms with Crippen molar-refractivity contribution in [1.82, 2.24) is 0 Å². The minimum atomic E-state index is -0.0167. The van der Waals surface area contributed by atoms with Gasteiger partial charge < -0.3 is 0 Å². The first-order chi connectivity index (χ1) is 29.8. The van der Waals surface area contributed by atoms with Gasteiger partial charge in [0.05, 0.1) is 12.5 Å². The lowest BCUT2D eigenvalue weighted by Gasteiger charge is -2.02. The van der Waals surface area contributed by atoms with Crippen LogP contribution in [0.4, 0.5) is 0 Å². The predicted molar refractivity (Wildman–Crippen MR) is 268 cm³/mol. The number of carbonyl (C=O) groups is 1. The van der Waals surface area contributed by atoms with Crippen LogP contribution in [0.3, 0.4) is 0 Å². The van der Waals surface area contributed by atoms with Gasteiger partial charge in [0.2, 0.25) is 5.78 Å². The van der Waals surface area contributed by atoms with E-state index in [0.717, 1.165) is 12.0 Å². The molecule has 0 spiro atoms. The zero-order valence-corrected chi connectivity index (χ0v) is 45.0. The summed E-state index contributed by atoms with van der Waals surface area (Å²) >= 11 is -0.0229. The Morgan fingerprint density at radius 2 is 0.919 bits per heavy atom. The summed E-state index contributed by atoms with van der Waals surface area (Å²) in [6.07, 6.45) is 14.0. The fraction of sp³-hybridized carbons (Fsp3) is 0.362. The monoisotopic (exact) mass is 1080 g/mol. The molecule has 0 saturated heterocycles. The van der Waals surface area contributed by atoms with E-state index in [2.05, 4.69) is 196 Å². The van der Waals surface area contributed by atoms with Crippen LogP contribution < -0.4 is 42.4 Å². The van der Waals surface area contributed by atoms with E-state index in [1.165, 1.54) is 80.6 Å². The van der Waals surface area contributed by atoms with E-state index < -0.39 is 0 Å². The molecule has 1 aliphatic rings. The second-order valence-corrected chi connectivity index (χ2v) is 24.8. The SMILES string of the molecule is C1CCCC1.CC(C)c1ccccc1.CCC.CCc1ccc([I+]c2cccc(C)c2)cc1.C[S+](C)CC(=O)c1ccccc1.Cc1ccc([I+]c2ccc(C(C)C)cc2)cc1. The molecule has 62 heavy (non-hydrogen) atoms. The Labute approximate surface area is 403 Å². The van der Waals surface area contributed by atoms with Gasteiger partial charge in [0.15, 0.2) is 20.0 Å². The molecule has 0 radical (unpaired) electrons. The van der Waals surface area contributed by atoms with Crippen molar-refractivity contribution in [2.45, 2.75) is 119 Å². The largest absolute Gasteiger partial charge is 0.357 e. The van der Waals surface area contributed by atoms with Crippen molar-refractivity contribution in [3.63, 3.8) is 0 Å². The van der Waals surface area contributed by atoms with Crippen LogP contribution >= 0.6 is 0 Å². The van der Waals surface area contributed by atoms with Crippen molar-refractivity contribution in [3.05, 3.63) is 205 Å². The highest BCUT2D eigenvalue weighted by Gasteiger charge is 2.16. The van der Waals surface area contributed by atoms with E-state index in [9.17, 15) is 4.79 Å². The van der Waals surface area contributed by atoms with Crippen LogP contribution in [0.1, 0.15) is 137 Å². The van der Waals surface area contributed by atoms with E-state index in [1.54, 1.807) is 0 Å². The summed E-state index contributed by atoms with van der Waals surface area (Å²) in [4.78, 5) is 11.5. The van der Waals surface area contributed by atoms with Crippen molar-refractivity contribution in [3.8, 4) is 0 Å². The molecule has 0 unspecified atom stereocenters. The van der Waals surface area contributed by atoms with E-state index in [4.69, 9.17) is 0 Å². The lowest BCUT2D eigenvalue weighted by atomic mass is 10.0. The van der Waals surface area contributed by atoms with Crippen LogP contribution in [0.2, 0.25) is 0 Å². The number of hydrogen-bond donors (Lipinski definition) is 0. The summed E-state index contributed by atoms with van der Waals surface area (Å²) in [7, 11) is 0.204. The van der Waals surface area contributed by atoms with E-state index in [0.29, 0.717) is 17.6 Å². The van der Waals surface area contributed by atoms with Gasteiger partial charge in [-0.2, -0.15) is 0 Å². The standard InChI is InChI=1S/C16H18I.C15H16I.C10H13OS.C9H12.C5H10.C3H8/c1-12(2)14-6-10-16(11-7-14)17-15-8-4-13(3)5-9-15;1-3-13-7-9-14(10-8-13)16-15-6-4-5-12(2)11-15;1-12(2)8-10(11)9-6-4-3-5-7-9;1-8(2)9-6-4-3-5-7-9;1-2-4-5-3-1;1-3-2/h4-12H,1-3H3;4-11H,3H2,1-2H3;3-7H,8H2,1-2H3;3-8H,1-2H3;1-5H2;3H2,1-2H3/q3*+1;;;. The Bertz CT molecular complexity index is 1990. The summed E-state index contributed by atoms with van der Waals surface area (Å²) in [5, 5.41) is 0. The molecular weight excluding hydrogens is 999 g/mol. The van der Waals surface area contributed by atoms with Crippen LogP contribution in [-0.2, 0) is 17.3 Å². The minimum absolute atomic E-state index is 0.00615. The summed E-state index contributed by atoms with van der Waals surface area (Å²) in [5.41, 5.74) is 7.81.